The summed E-state index contributed by atoms with van der Waals surface area (Å²) in [4.78, 5) is 13.3. The first-order valence-electron chi connectivity index (χ1n) is 7.43. The fourth-order valence-electron chi connectivity index (χ4n) is 2.56. The second kappa shape index (κ2) is 6.10. The minimum atomic E-state index is -1.19. The highest BCUT2D eigenvalue weighted by atomic mass is 28.3. The van der Waals surface area contributed by atoms with Gasteiger partial charge < -0.3 is 10.2 Å². The number of benzene rings is 1. The number of carbonyl (C=O) groups excluding carboxylic acids is 1. The van der Waals surface area contributed by atoms with Crippen molar-refractivity contribution in [2.45, 2.75) is 45.1 Å². The summed E-state index contributed by atoms with van der Waals surface area (Å²) in [5, 5.41) is 5.07. The Balaban J connectivity index is 1.87. The van der Waals surface area contributed by atoms with Gasteiger partial charge in [-0.15, -0.1) is 0 Å². The van der Waals surface area contributed by atoms with E-state index in [0.717, 1.165) is 19.5 Å². The third-order valence-electron chi connectivity index (χ3n) is 4.04. The molecule has 0 spiro atoms. The highest BCUT2D eigenvalue weighted by Crippen LogP contribution is 2.11. The van der Waals surface area contributed by atoms with E-state index in [1.54, 1.807) is 0 Å². The van der Waals surface area contributed by atoms with Gasteiger partial charge in [-0.25, -0.2) is 0 Å². The summed E-state index contributed by atoms with van der Waals surface area (Å²) in [7, 11) is 0.695. The highest BCUT2D eigenvalue weighted by molar-refractivity contribution is 6.88. The summed E-state index contributed by atoms with van der Waals surface area (Å²) in [5.74, 6) is 0.266. The van der Waals surface area contributed by atoms with Gasteiger partial charge in [0.2, 0.25) is 5.91 Å². The molecule has 2 rings (SSSR count). The summed E-state index contributed by atoms with van der Waals surface area (Å²) in [6.45, 7) is 8.82. The van der Waals surface area contributed by atoms with Crippen molar-refractivity contribution in [3.8, 4) is 0 Å². The molecule has 1 fully saturated rings. The molecule has 1 aromatic carbocycles. The van der Waals surface area contributed by atoms with Crippen LogP contribution in [0.4, 0.5) is 0 Å². The lowest BCUT2D eigenvalue weighted by atomic mass is 10.1. The number of amides is 1. The molecule has 20 heavy (non-hydrogen) atoms. The average Bonchev–Trinajstić information content (AvgIpc) is 2.40. The van der Waals surface area contributed by atoms with Gasteiger partial charge in [0.1, 0.15) is 0 Å². The number of hydrogen-bond acceptors (Lipinski definition) is 2. The summed E-state index contributed by atoms with van der Waals surface area (Å²) in [6, 6.07) is 9.45. The zero-order valence-corrected chi connectivity index (χ0v) is 14.1. The zero-order valence-electron chi connectivity index (χ0n) is 13.1. The van der Waals surface area contributed by atoms with Crippen molar-refractivity contribution in [3.05, 3.63) is 29.8 Å². The summed E-state index contributed by atoms with van der Waals surface area (Å²) in [5.41, 5.74) is 1.33. The lowest BCUT2D eigenvalue weighted by molar-refractivity contribution is -0.132. The number of nitrogens with one attached hydrogen (secondary N) is 1. The molecule has 1 saturated heterocycles. The molecule has 1 heterocycles. The van der Waals surface area contributed by atoms with E-state index in [0.29, 0.717) is 12.5 Å². The third-order valence-corrected chi connectivity index (χ3v) is 6.11. The molecule has 0 saturated carbocycles. The van der Waals surface area contributed by atoms with Crippen molar-refractivity contribution in [3.63, 3.8) is 0 Å². The van der Waals surface area contributed by atoms with Gasteiger partial charge in [-0.05, 0) is 12.0 Å². The van der Waals surface area contributed by atoms with Crippen LogP contribution in [0.1, 0.15) is 18.4 Å². The number of rotatable bonds is 4. The molecule has 1 amide bonds. The summed E-state index contributed by atoms with van der Waals surface area (Å²) in [6.07, 6.45) is 1.62. The molecule has 1 aromatic rings. The maximum Gasteiger partial charge on any atom is 0.222 e. The van der Waals surface area contributed by atoms with Crippen molar-refractivity contribution >= 4 is 19.2 Å². The van der Waals surface area contributed by atoms with Crippen LogP contribution in [0.15, 0.2) is 24.3 Å². The summed E-state index contributed by atoms with van der Waals surface area (Å²) >= 11 is 0. The van der Waals surface area contributed by atoms with Crippen LogP contribution in [0.25, 0.3) is 0 Å². The zero-order chi connectivity index (χ0) is 14.8. The van der Waals surface area contributed by atoms with Gasteiger partial charge in [0.05, 0.1) is 8.07 Å². The quantitative estimate of drug-likeness (QED) is 0.860. The fourth-order valence-corrected chi connectivity index (χ4v) is 3.73. The standard InChI is InChI=1S/C16H26N2OSi/c1-18-12-14(7-10-16(18)19)17-11-13-5-8-15(9-6-13)20(2,3)4/h5-6,8-9,14,17H,7,10-12H2,1-4H3. The molecular formula is C16H26N2OSi. The van der Waals surface area contributed by atoms with Crippen LogP contribution < -0.4 is 10.5 Å². The Morgan fingerprint density at radius 3 is 2.45 bits per heavy atom. The summed E-state index contributed by atoms with van der Waals surface area (Å²) < 4.78 is 0. The van der Waals surface area contributed by atoms with Crippen LogP contribution in [0, 0.1) is 0 Å². The van der Waals surface area contributed by atoms with Crippen LogP contribution in [0.5, 0.6) is 0 Å². The predicted octanol–water partition coefficient (Wildman–Crippen LogP) is 1.94. The van der Waals surface area contributed by atoms with Crippen molar-refractivity contribution in [2.24, 2.45) is 0 Å². The first-order valence-corrected chi connectivity index (χ1v) is 10.9. The number of nitrogens with zero attached hydrogens (tertiary/aromatic N) is 1. The molecule has 1 aliphatic rings. The molecule has 1 unspecified atom stereocenters. The monoisotopic (exact) mass is 290 g/mol. The Kier molecular flexibility index (Phi) is 4.65. The van der Waals surface area contributed by atoms with Crippen molar-refractivity contribution in [2.75, 3.05) is 13.6 Å². The van der Waals surface area contributed by atoms with Crippen LogP contribution in [0.2, 0.25) is 19.6 Å². The molecule has 4 heteroatoms. The van der Waals surface area contributed by atoms with Crippen LogP contribution in [-0.2, 0) is 11.3 Å². The maximum atomic E-state index is 11.4. The SMILES string of the molecule is CN1CC(NCc2ccc([Si](C)(C)C)cc2)CCC1=O. The second-order valence-electron chi connectivity index (χ2n) is 6.84. The molecule has 110 valence electrons. The Labute approximate surface area is 123 Å². The molecule has 0 aromatic heterocycles. The van der Waals surface area contributed by atoms with Crippen molar-refractivity contribution in [1.82, 2.24) is 10.2 Å². The maximum absolute atomic E-state index is 11.4. The molecule has 1 aliphatic heterocycles. The topological polar surface area (TPSA) is 32.3 Å². The minimum Gasteiger partial charge on any atom is -0.344 e. The molecule has 0 radical (unpaired) electrons. The van der Waals surface area contributed by atoms with Crippen LogP contribution in [0.3, 0.4) is 0 Å². The van der Waals surface area contributed by atoms with Gasteiger partial charge in [0.15, 0.2) is 0 Å². The second-order valence-corrected chi connectivity index (χ2v) is 11.9. The third kappa shape index (κ3) is 3.93. The van der Waals surface area contributed by atoms with Crippen LogP contribution in [-0.4, -0.2) is 38.5 Å². The Hall–Kier alpha value is -1.13. The van der Waals surface area contributed by atoms with Gasteiger partial charge in [0.25, 0.3) is 0 Å². The number of hydrogen-bond donors (Lipinski definition) is 1. The van der Waals surface area contributed by atoms with Crippen molar-refractivity contribution < 1.29 is 4.79 Å². The lowest BCUT2D eigenvalue weighted by Crippen LogP contribution is -2.46. The minimum absolute atomic E-state index is 0.266. The van der Waals surface area contributed by atoms with Crippen LogP contribution >= 0.6 is 0 Å². The van der Waals surface area contributed by atoms with E-state index >= 15 is 0 Å². The Morgan fingerprint density at radius 1 is 1.25 bits per heavy atom. The largest absolute Gasteiger partial charge is 0.344 e. The van der Waals surface area contributed by atoms with E-state index in [9.17, 15) is 4.79 Å². The molecule has 1 atom stereocenters. The predicted molar refractivity (Wildman–Crippen MR) is 86.9 cm³/mol. The van der Waals surface area contributed by atoms with E-state index in [-0.39, 0.29) is 5.91 Å². The van der Waals surface area contributed by atoms with E-state index in [4.69, 9.17) is 0 Å². The van der Waals surface area contributed by atoms with Crippen molar-refractivity contribution in [1.29, 1.82) is 0 Å². The number of carbonyl (C=O) groups is 1. The Morgan fingerprint density at radius 2 is 1.90 bits per heavy atom. The smallest absolute Gasteiger partial charge is 0.222 e. The lowest BCUT2D eigenvalue weighted by Gasteiger charge is -2.30. The van der Waals surface area contributed by atoms with E-state index in [1.165, 1.54) is 10.8 Å². The Bertz CT molecular complexity index is 464. The van der Waals surface area contributed by atoms with E-state index in [2.05, 4.69) is 49.2 Å². The molecule has 1 N–H and O–H groups in total. The normalized spacial score (nSPS) is 20.3. The van der Waals surface area contributed by atoms with Gasteiger partial charge >= 0.3 is 0 Å². The molecular weight excluding hydrogens is 264 g/mol. The first kappa shape index (κ1) is 15.3. The number of likely N-dealkylation sites (tertiary alicyclic amines) is 1. The molecule has 0 aliphatic carbocycles. The van der Waals surface area contributed by atoms with Gasteiger partial charge in [-0.2, -0.15) is 0 Å². The molecule has 0 bridgehead atoms. The average molecular weight is 290 g/mol. The molecule has 3 nitrogen and oxygen atoms in total. The highest BCUT2D eigenvalue weighted by Gasteiger charge is 2.22. The number of likely N-dealkylation sites (N-methyl/N-ethyl adjacent to an activating group) is 1. The van der Waals surface area contributed by atoms with E-state index in [1.807, 2.05) is 11.9 Å². The number of piperidine rings is 1. The first-order chi connectivity index (χ1) is 9.36. The fraction of sp³-hybridized carbons (Fsp3) is 0.562. The van der Waals surface area contributed by atoms with Gasteiger partial charge in [-0.3, -0.25) is 4.79 Å². The van der Waals surface area contributed by atoms with Gasteiger partial charge in [0, 0.05) is 32.6 Å². The van der Waals surface area contributed by atoms with E-state index < -0.39 is 8.07 Å². The van der Waals surface area contributed by atoms with Gasteiger partial charge in [-0.1, -0.05) is 49.1 Å².